The third kappa shape index (κ3) is 9.45. The number of aromatic nitrogens is 1. The summed E-state index contributed by atoms with van der Waals surface area (Å²) < 4.78 is 128. The SMILES string of the molecule is CO[Si](CC[n+]1ccc(C(C)C)cc1)(OC)OC.O=S(=O)([N-]S(=O)(=O)C(F)(F)F)C(F)(F)F. The van der Waals surface area contributed by atoms with Crippen molar-refractivity contribution in [2.75, 3.05) is 21.3 Å². The number of aryl methyl sites for hydroxylation is 1. The molecule has 0 unspecified atom stereocenters. The summed E-state index contributed by atoms with van der Waals surface area (Å²) in [6.45, 7) is 5.22. The van der Waals surface area contributed by atoms with Crippen molar-refractivity contribution >= 4 is 28.9 Å². The summed E-state index contributed by atoms with van der Waals surface area (Å²) in [6.07, 6.45) is 4.19. The molecule has 0 bridgehead atoms. The van der Waals surface area contributed by atoms with Crippen LogP contribution in [0.2, 0.25) is 6.04 Å². The molecule has 0 aliphatic rings. The van der Waals surface area contributed by atoms with E-state index in [1.165, 1.54) is 5.56 Å². The molecule has 1 rings (SSSR count). The summed E-state index contributed by atoms with van der Waals surface area (Å²) in [5, 5.41) is 0. The highest BCUT2D eigenvalue weighted by molar-refractivity contribution is 8.13. The number of halogens is 6. The van der Waals surface area contributed by atoms with E-state index >= 15 is 0 Å². The summed E-state index contributed by atoms with van der Waals surface area (Å²) in [5.41, 5.74) is -11.1. The van der Waals surface area contributed by atoms with Crippen LogP contribution in [0.1, 0.15) is 25.3 Å². The Balaban J connectivity index is 0.000000633. The van der Waals surface area contributed by atoms with Gasteiger partial charge in [-0.2, -0.15) is 26.3 Å². The Bertz CT molecular complexity index is 898. The highest BCUT2D eigenvalue weighted by atomic mass is 32.3. The topological polar surface area (TPSA) is 114 Å². The van der Waals surface area contributed by atoms with Crippen LogP contribution in [0.4, 0.5) is 26.3 Å². The zero-order valence-electron chi connectivity index (χ0n) is 18.1. The van der Waals surface area contributed by atoms with E-state index in [1.54, 1.807) is 21.3 Å². The first-order valence-electron chi connectivity index (χ1n) is 8.78. The van der Waals surface area contributed by atoms with Gasteiger partial charge in [0, 0.05) is 33.5 Å². The number of nitrogens with zero attached hydrogens (tertiary/aromatic N) is 2. The molecule has 33 heavy (non-hydrogen) atoms. The molecule has 194 valence electrons. The zero-order chi connectivity index (χ0) is 26.3. The van der Waals surface area contributed by atoms with Gasteiger partial charge in [-0.1, -0.05) is 13.8 Å². The van der Waals surface area contributed by atoms with E-state index in [0.717, 1.165) is 16.7 Å². The van der Waals surface area contributed by atoms with Gasteiger partial charge in [-0.3, -0.25) is 0 Å². The van der Waals surface area contributed by atoms with Gasteiger partial charge in [0.05, 0.1) is 6.04 Å². The largest absolute Gasteiger partial charge is 0.506 e. The lowest BCUT2D eigenvalue weighted by atomic mass is 10.1. The van der Waals surface area contributed by atoms with Gasteiger partial charge in [0.1, 0.15) is 0 Å². The van der Waals surface area contributed by atoms with E-state index in [9.17, 15) is 43.2 Å². The first kappa shape index (κ1) is 31.7. The molecule has 0 aliphatic heterocycles. The minimum absolute atomic E-state index is 0.560. The van der Waals surface area contributed by atoms with E-state index in [0.29, 0.717) is 5.92 Å². The van der Waals surface area contributed by atoms with Crippen LogP contribution in [-0.4, -0.2) is 58.0 Å². The van der Waals surface area contributed by atoms with Crippen molar-refractivity contribution in [3.8, 4) is 0 Å². The molecule has 1 aromatic heterocycles. The summed E-state index contributed by atoms with van der Waals surface area (Å²) in [6, 6.07) is 5.07. The lowest BCUT2D eigenvalue weighted by molar-refractivity contribution is -0.694. The highest BCUT2D eigenvalue weighted by Crippen LogP contribution is 2.36. The fraction of sp³-hybridized carbons (Fsp3) is 0.667. The monoisotopic (exact) mass is 550 g/mol. The molecule has 0 spiro atoms. The summed E-state index contributed by atoms with van der Waals surface area (Å²) in [4.78, 5) is 0. The quantitative estimate of drug-likeness (QED) is 0.264. The van der Waals surface area contributed by atoms with Crippen LogP contribution in [-0.2, 0) is 39.9 Å². The maximum atomic E-state index is 11.4. The van der Waals surface area contributed by atoms with Gasteiger partial charge in [-0.25, -0.2) is 21.4 Å². The Hall–Kier alpha value is -1.31. The lowest BCUT2D eigenvalue weighted by Crippen LogP contribution is -2.47. The number of sulfonamides is 2. The van der Waals surface area contributed by atoms with Crippen molar-refractivity contribution in [1.29, 1.82) is 0 Å². The van der Waals surface area contributed by atoms with Crippen LogP contribution in [0.15, 0.2) is 24.5 Å². The Morgan fingerprint density at radius 1 is 0.879 bits per heavy atom. The Kier molecular flexibility index (Phi) is 11.4. The van der Waals surface area contributed by atoms with Gasteiger partial charge in [0.25, 0.3) is 0 Å². The minimum atomic E-state index is -6.72. The molecule has 18 heteroatoms. The van der Waals surface area contributed by atoms with E-state index in [1.807, 2.05) is 0 Å². The van der Waals surface area contributed by atoms with E-state index < -0.39 is 39.9 Å². The normalized spacial score (nSPS) is 13.6. The predicted octanol–water partition coefficient (Wildman–Crippen LogP) is 3.03. The van der Waals surface area contributed by atoms with Crippen LogP contribution in [0.3, 0.4) is 0 Å². The maximum absolute atomic E-state index is 11.4. The number of rotatable bonds is 9. The lowest BCUT2D eigenvalue weighted by Gasteiger charge is -2.22. The minimum Gasteiger partial charge on any atom is -0.421 e. The Morgan fingerprint density at radius 3 is 1.52 bits per heavy atom. The maximum Gasteiger partial charge on any atom is 0.506 e. The number of alkyl halides is 6. The molecule has 0 aromatic carbocycles. The van der Waals surface area contributed by atoms with Gasteiger partial charge in [-0.15, -0.1) is 0 Å². The van der Waals surface area contributed by atoms with Crippen molar-refractivity contribution in [2.45, 2.75) is 43.4 Å². The summed E-state index contributed by atoms with van der Waals surface area (Å²) in [5.74, 6) is 0.560. The van der Waals surface area contributed by atoms with Gasteiger partial charge in [0.15, 0.2) is 39.0 Å². The molecule has 9 nitrogen and oxygen atoms in total. The number of pyridine rings is 1. The Labute approximate surface area is 189 Å². The predicted molar refractivity (Wildman–Crippen MR) is 106 cm³/mol. The number of hydrogen-bond acceptors (Lipinski definition) is 7. The van der Waals surface area contributed by atoms with E-state index in [-0.39, 0.29) is 0 Å². The van der Waals surface area contributed by atoms with Gasteiger partial charge < -0.3 is 17.4 Å². The molecular weight excluding hydrogens is 526 g/mol. The van der Waals surface area contributed by atoms with Crippen LogP contribution in [0, 0.1) is 0 Å². The second-order valence-corrected chi connectivity index (χ2v) is 13.0. The first-order chi connectivity index (χ1) is 14.8. The molecule has 0 amide bonds. The third-order valence-corrected chi connectivity index (χ3v) is 9.42. The van der Waals surface area contributed by atoms with Gasteiger partial charge in [-0.05, 0) is 11.5 Å². The Morgan fingerprint density at radius 2 is 1.24 bits per heavy atom. The smallest absolute Gasteiger partial charge is 0.421 e. The first-order valence-corrected chi connectivity index (χ1v) is 13.6. The molecule has 0 saturated carbocycles. The van der Waals surface area contributed by atoms with Crippen molar-refractivity contribution in [3.63, 3.8) is 0 Å². The molecule has 0 atom stereocenters. The molecular formula is C15H24F6N2O7S2Si. The third-order valence-electron chi connectivity index (χ3n) is 3.97. The molecule has 0 saturated heterocycles. The zero-order valence-corrected chi connectivity index (χ0v) is 20.8. The summed E-state index contributed by atoms with van der Waals surface area (Å²) >= 11 is 0. The van der Waals surface area contributed by atoms with Crippen LogP contribution in [0.25, 0.3) is 4.13 Å². The second-order valence-electron chi connectivity index (χ2n) is 6.49. The molecule has 1 heterocycles. The summed E-state index contributed by atoms with van der Waals surface area (Å²) in [7, 11) is -11.0. The molecule has 1 aromatic rings. The molecule has 0 aliphatic carbocycles. The standard InChI is InChI=1S/C13H24NO3Si.C2F6NO4S2/c1-12(2)13-6-8-14(9-7-13)10-11-18(15-3,16-4)17-5;3-1(4,5)14(10,11)9-15(12,13)2(6,7)8/h6-9,12H,10-11H2,1-5H3;/q+1;-1. The van der Waals surface area contributed by atoms with E-state index in [2.05, 4.69) is 42.9 Å². The van der Waals surface area contributed by atoms with Gasteiger partial charge in [0.2, 0.25) is 0 Å². The van der Waals surface area contributed by atoms with E-state index in [4.69, 9.17) is 13.3 Å². The molecule has 0 radical (unpaired) electrons. The number of hydrogen-bond donors (Lipinski definition) is 0. The molecule has 0 fully saturated rings. The van der Waals surface area contributed by atoms with Gasteiger partial charge >= 0.3 is 19.8 Å². The average Bonchev–Trinajstić information content (AvgIpc) is 2.68. The van der Waals surface area contributed by atoms with Crippen molar-refractivity contribution in [3.05, 3.63) is 34.2 Å². The highest BCUT2D eigenvalue weighted by Gasteiger charge is 2.47. The van der Waals surface area contributed by atoms with Crippen molar-refractivity contribution in [2.24, 2.45) is 0 Å². The fourth-order valence-electron chi connectivity index (χ4n) is 2.04. The average molecular weight is 551 g/mol. The second kappa shape index (κ2) is 11.9. The van der Waals surface area contributed by atoms with Crippen molar-refractivity contribution < 1.29 is 61.0 Å². The van der Waals surface area contributed by atoms with Crippen LogP contribution in [0.5, 0.6) is 0 Å². The molecule has 0 N–H and O–H groups in total. The van der Waals surface area contributed by atoms with Crippen LogP contribution < -0.4 is 4.57 Å². The van der Waals surface area contributed by atoms with Crippen LogP contribution >= 0.6 is 0 Å². The van der Waals surface area contributed by atoms with Crippen molar-refractivity contribution in [1.82, 2.24) is 0 Å². The fourth-order valence-corrected chi connectivity index (χ4v) is 5.39.